The largest absolute Gasteiger partial charge is 0.497 e. The molecule has 3 N–H and O–H groups in total. The van der Waals surface area contributed by atoms with Crippen LogP contribution in [0, 0.1) is 0 Å². The van der Waals surface area contributed by atoms with Crippen LogP contribution in [0.25, 0.3) is 0 Å². The fraction of sp³-hybridized carbons (Fsp3) is 0.250. The number of rotatable bonds is 9. The van der Waals surface area contributed by atoms with E-state index < -0.39 is 11.9 Å². The maximum atomic E-state index is 11.7. The third-order valence-corrected chi connectivity index (χ3v) is 5.01. The van der Waals surface area contributed by atoms with Crippen molar-refractivity contribution in [1.82, 2.24) is 20.8 Å². The molecule has 2 rings (SSSR count). The zero-order valence-electron chi connectivity index (χ0n) is 14.2. The van der Waals surface area contributed by atoms with Crippen molar-refractivity contribution >= 4 is 40.2 Å². The van der Waals surface area contributed by atoms with Crippen molar-refractivity contribution in [2.75, 3.05) is 24.7 Å². The molecule has 0 atom stereocenters. The first-order valence-electron chi connectivity index (χ1n) is 7.62. The Morgan fingerprint density at radius 3 is 2.77 bits per heavy atom. The predicted molar refractivity (Wildman–Crippen MR) is 103 cm³/mol. The van der Waals surface area contributed by atoms with Crippen LogP contribution in [0.2, 0.25) is 0 Å². The minimum Gasteiger partial charge on any atom is -0.497 e. The molecule has 1 aromatic heterocycles. The fourth-order valence-corrected chi connectivity index (χ4v) is 3.31. The SMILES string of the molecule is C=CCNC(=O)NC(=O)CSc1nnc(NCc2ccc(OC)cc2)s1. The van der Waals surface area contributed by atoms with E-state index in [2.05, 4.69) is 32.7 Å². The highest BCUT2D eigenvalue weighted by Gasteiger charge is 2.10. The first-order chi connectivity index (χ1) is 12.6. The van der Waals surface area contributed by atoms with Gasteiger partial charge < -0.3 is 15.4 Å². The Kier molecular flexibility index (Phi) is 7.90. The van der Waals surface area contributed by atoms with Crippen LogP contribution >= 0.6 is 23.1 Å². The lowest BCUT2D eigenvalue weighted by molar-refractivity contribution is -0.117. The molecule has 0 unspecified atom stereocenters. The molecule has 3 amide bonds. The molecule has 0 fully saturated rings. The maximum absolute atomic E-state index is 11.7. The molecule has 8 nitrogen and oxygen atoms in total. The summed E-state index contributed by atoms with van der Waals surface area (Å²) in [5.74, 6) is 0.480. The smallest absolute Gasteiger partial charge is 0.321 e. The number of urea groups is 1. The summed E-state index contributed by atoms with van der Waals surface area (Å²) < 4.78 is 5.76. The summed E-state index contributed by atoms with van der Waals surface area (Å²) in [4.78, 5) is 23.0. The number of methoxy groups -OCH3 is 1. The molecule has 0 aliphatic heterocycles. The molecule has 10 heteroatoms. The number of carbonyl (C=O) groups is 2. The van der Waals surface area contributed by atoms with Crippen LogP contribution in [-0.2, 0) is 11.3 Å². The number of benzene rings is 1. The van der Waals surface area contributed by atoms with Gasteiger partial charge in [0, 0.05) is 13.1 Å². The number of amides is 3. The molecule has 0 saturated carbocycles. The van der Waals surface area contributed by atoms with Crippen LogP contribution in [0.15, 0.2) is 41.3 Å². The van der Waals surface area contributed by atoms with E-state index in [1.54, 1.807) is 7.11 Å². The monoisotopic (exact) mass is 393 g/mol. The Morgan fingerprint density at radius 1 is 1.31 bits per heavy atom. The second-order valence-electron chi connectivity index (χ2n) is 4.91. The van der Waals surface area contributed by atoms with Gasteiger partial charge in [-0.3, -0.25) is 10.1 Å². The molecule has 0 spiro atoms. The number of nitrogens with zero attached hydrogens (tertiary/aromatic N) is 2. The third-order valence-electron chi connectivity index (χ3n) is 3.00. The summed E-state index contributed by atoms with van der Waals surface area (Å²) in [6.07, 6.45) is 1.53. The lowest BCUT2D eigenvalue weighted by Crippen LogP contribution is -2.40. The van der Waals surface area contributed by atoms with Gasteiger partial charge in [-0.25, -0.2) is 4.79 Å². The topological polar surface area (TPSA) is 105 Å². The van der Waals surface area contributed by atoms with E-state index in [4.69, 9.17) is 4.74 Å². The molecule has 1 heterocycles. The van der Waals surface area contributed by atoms with Crippen LogP contribution in [0.3, 0.4) is 0 Å². The number of thioether (sulfide) groups is 1. The number of hydrogen-bond donors (Lipinski definition) is 3. The lowest BCUT2D eigenvalue weighted by Gasteiger charge is -2.04. The van der Waals surface area contributed by atoms with E-state index in [0.717, 1.165) is 11.3 Å². The number of anilines is 1. The van der Waals surface area contributed by atoms with Crippen molar-refractivity contribution in [3.05, 3.63) is 42.5 Å². The minimum absolute atomic E-state index is 0.0780. The van der Waals surface area contributed by atoms with Gasteiger partial charge in [0.15, 0.2) is 4.34 Å². The fourth-order valence-electron chi connectivity index (χ4n) is 1.76. The Morgan fingerprint density at radius 2 is 2.08 bits per heavy atom. The van der Waals surface area contributed by atoms with Gasteiger partial charge in [0.05, 0.1) is 12.9 Å². The Bertz CT molecular complexity index is 749. The molecule has 0 aliphatic rings. The highest BCUT2D eigenvalue weighted by molar-refractivity contribution is 8.01. The first kappa shape index (κ1) is 19.7. The molecule has 0 bridgehead atoms. The summed E-state index contributed by atoms with van der Waals surface area (Å²) in [7, 11) is 1.63. The Hall–Kier alpha value is -2.59. The molecule has 1 aromatic carbocycles. The van der Waals surface area contributed by atoms with Gasteiger partial charge in [0.1, 0.15) is 5.75 Å². The van der Waals surface area contributed by atoms with Gasteiger partial charge in [0.25, 0.3) is 0 Å². The molecule has 2 aromatic rings. The number of nitrogens with one attached hydrogen (secondary N) is 3. The van der Waals surface area contributed by atoms with E-state index in [1.165, 1.54) is 29.2 Å². The average molecular weight is 393 g/mol. The zero-order chi connectivity index (χ0) is 18.8. The average Bonchev–Trinajstić information content (AvgIpc) is 3.11. The van der Waals surface area contributed by atoms with E-state index in [1.807, 2.05) is 24.3 Å². The Balaban J connectivity index is 1.73. The zero-order valence-corrected chi connectivity index (χ0v) is 15.8. The van der Waals surface area contributed by atoms with Crippen molar-refractivity contribution in [3.63, 3.8) is 0 Å². The van der Waals surface area contributed by atoms with E-state index in [0.29, 0.717) is 22.6 Å². The quantitative estimate of drug-likeness (QED) is 0.443. The van der Waals surface area contributed by atoms with Gasteiger partial charge in [-0.1, -0.05) is 41.3 Å². The normalized spacial score (nSPS) is 10.0. The van der Waals surface area contributed by atoms with E-state index >= 15 is 0 Å². The number of aromatic nitrogens is 2. The molecular weight excluding hydrogens is 374 g/mol. The Labute approximate surface area is 159 Å². The summed E-state index contributed by atoms with van der Waals surface area (Å²) in [6.45, 7) is 4.38. The summed E-state index contributed by atoms with van der Waals surface area (Å²) in [6, 6.07) is 7.16. The molecule has 26 heavy (non-hydrogen) atoms. The minimum atomic E-state index is -0.547. The lowest BCUT2D eigenvalue weighted by atomic mass is 10.2. The van der Waals surface area contributed by atoms with Crippen molar-refractivity contribution in [2.45, 2.75) is 10.9 Å². The molecular formula is C16H19N5O3S2. The molecule has 0 radical (unpaired) electrons. The second-order valence-corrected chi connectivity index (χ2v) is 7.11. The molecule has 0 saturated heterocycles. The van der Waals surface area contributed by atoms with Crippen molar-refractivity contribution in [1.29, 1.82) is 0 Å². The molecule has 0 aliphatic carbocycles. The van der Waals surface area contributed by atoms with Crippen LogP contribution in [-0.4, -0.2) is 41.5 Å². The second kappa shape index (κ2) is 10.4. The van der Waals surface area contributed by atoms with Crippen LogP contribution in [0.1, 0.15) is 5.56 Å². The first-order valence-corrected chi connectivity index (χ1v) is 9.42. The highest BCUT2D eigenvalue weighted by Crippen LogP contribution is 2.25. The predicted octanol–water partition coefficient (Wildman–Crippen LogP) is 2.26. The number of imide groups is 1. The van der Waals surface area contributed by atoms with Crippen LogP contribution in [0.5, 0.6) is 5.75 Å². The van der Waals surface area contributed by atoms with Gasteiger partial charge in [-0.2, -0.15) is 0 Å². The van der Waals surface area contributed by atoms with E-state index in [9.17, 15) is 9.59 Å². The number of carbonyl (C=O) groups excluding carboxylic acids is 2. The van der Waals surface area contributed by atoms with Gasteiger partial charge in [-0.15, -0.1) is 16.8 Å². The maximum Gasteiger partial charge on any atom is 0.321 e. The van der Waals surface area contributed by atoms with Crippen molar-refractivity contribution in [3.8, 4) is 5.75 Å². The van der Waals surface area contributed by atoms with Crippen LogP contribution in [0.4, 0.5) is 9.93 Å². The van der Waals surface area contributed by atoms with Gasteiger partial charge in [0.2, 0.25) is 11.0 Å². The van der Waals surface area contributed by atoms with Crippen LogP contribution < -0.4 is 20.7 Å². The third kappa shape index (κ3) is 6.73. The number of ether oxygens (including phenoxy) is 1. The standard InChI is InChI=1S/C16H19N5O3S2/c1-3-8-17-14(23)19-13(22)10-25-16-21-20-15(26-16)18-9-11-4-6-12(24-2)7-5-11/h3-7H,1,8-10H2,2H3,(H,18,20)(H2,17,19,22,23). The van der Waals surface area contributed by atoms with E-state index in [-0.39, 0.29) is 5.75 Å². The van der Waals surface area contributed by atoms with Gasteiger partial charge >= 0.3 is 6.03 Å². The summed E-state index contributed by atoms with van der Waals surface area (Å²) in [5.41, 5.74) is 1.08. The summed E-state index contributed by atoms with van der Waals surface area (Å²) >= 11 is 2.56. The highest BCUT2D eigenvalue weighted by atomic mass is 32.2. The van der Waals surface area contributed by atoms with Gasteiger partial charge in [-0.05, 0) is 17.7 Å². The number of hydrogen-bond acceptors (Lipinski definition) is 8. The summed E-state index contributed by atoms with van der Waals surface area (Å²) in [5, 5.41) is 16.6. The van der Waals surface area contributed by atoms with Crippen molar-refractivity contribution in [2.24, 2.45) is 0 Å². The van der Waals surface area contributed by atoms with Crippen molar-refractivity contribution < 1.29 is 14.3 Å². The molecule has 138 valence electrons.